The van der Waals surface area contributed by atoms with Crippen molar-refractivity contribution < 1.29 is 121 Å². The second-order valence-electron chi connectivity index (χ2n) is 10.2. The van der Waals surface area contributed by atoms with E-state index in [1.54, 1.807) is 0 Å². The Kier molecular flexibility index (Phi) is 21.1. The Bertz CT molecular complexity index is 1370. The normalized spacial score (nSPS) is 34.7. The fraction of sp³-hybridized carbons (Fsp3) is 0.950. The Labute approximate surface area is 326 Å². The van der Waals surface area contributed by atoms with E-state index in [1.807, 2.05) is 0 Å². The van der Waals surface area contributed by atoms with E-state index in [2.05, 4.69) is 54.8 Å². The van der Waals surface area contributed by atoms with Gasteiger partial charge in [-0.05, 0) is 14.1 Å². The van der Waals surface area contributed by atoms with E-state index < -0.39 is 117 Å². The van der Waals surface area contributed by atoms with Crippen molar-refractivity contribution in [3.63, 3.8) is 0 Å². The maximum absolute atomic E-state index is 12.7. The van der Waals surface area contributed by atoms with Crippen LogP contribution in [0.1, 0.15) is 6.92 Å². The van der Waals surface area contributed by atoms with Gasteiger partial charge < -0.3 is 41.9 Å². The molecule has 5 rings (SSSR count). The summed E-state index contributed by atoms with van der Waals surface area (Å²) >= 11 is -22.8. The zero-order valence-electron chi connectivity index (χ0n) is 28.2. The van der Waals surface area contributed by atoms with Gasteiger partial charge in [-0.1, -0.05) is 6.29 Å². The first kappa shape index (κ1) is 54.5. The van der Waals surface area contributed by atoms with E-state index in [1.165, 1.54) is 0 Å². The first-order valence-corrected chi connectivity index (χ1v) is 20.5. The summed E-state index contributed by atoms with van der Waals surface area (Å²) < 4.78 is 270. The largest absolute Gasteiger partial charge is 0.431 e. The number of nitrogens with zero attached hydrogens (tertiary/aromatic N) is 3. The number of likely N-dealkylation sites (N-methyl/N-ethyl adjacent to an activating group) is 2. The smallest absolute Gasteiger partial charge is 0.420 e. The molecule has 0 aliphatic carbocycles. The minimum atomic E-state index is -6.13. The molecule has 6 unspecified atom stereocenters. The van der Waals surface area contributed by atoms with Gasteiger partial charge in [0.05, 0.1) is 26.4 Å². The number of hydrogen-bond donors (Lipinski definition) is 0. The lowest BCUT2D eigenvalue weighted by Gasteiger charge is -2.31. The molecule has 5 aliphatic rings. The second-order valence-corrected chi connectivity index (χ2v) is 17.1. The Morgan fingerprint density at radius 2 is 0.754 bits per heavy atom. The van der Waals surface area contributed by atoms with E-state index in [0.29, 0.717) is 0 Å². The third-order valence-corrected chi connectivity index (χ3v) is 12.1. The Balaban J connectivity index is 0.000000368. The third-order valence-electron chi connectivity index (χ3n) is 6.03. The lowest BCUT2D eigenvalue weighted by molar-refractivity contribution is -0.248. The zero-order valence-corrected chi connectivity index (χ0v) is 33.1. The number of morpholine rings is 2. The molecular formula is C20H27F14N3O14S6-2. The van der Waals surface area contributed by atoms with E-state index in [0.717, 1.165) is 59.5 Å². The van der Waals surface area contributed by atoms with Crippen LogP contribution >= 0.6 is 0 Å². The van der Waals surface area contributed by atoms with Crippen molar-refractivity contribution >= 4 is 66.5 Å². The highest BCUT2D eigenvalue weighted by atomic mass is 32.2. The van der Waals surface area contributed by atoms with Gasteiger partial charge in [-0.25, -0.2) is 25.3 Å². The summed E-state index contributed by atoms with van der Waals surface area (Å²) in [4.78, 5) is 4.53. The molecule has 0 aromatic heterocycles. The number of alkyl halides is 14. The predicted molar refractivity (Wildman–Crippen MR) is 164 cm³/mol. The van der Waals surface area contributed by atoms with Gasteiger partial charge in [0, 0.05) is 26.2 Å². The number of rotatable bonds is 0. The summed E-state index contributed by atoms with van der Waals surface area (Å²) in [5.41, 5.74) is 2.06. The van der Waals surface area contributed by atoms with Crippen molar-refractivity contribution in [1.82, 2.24) is 9.80 Å². The number of hydrogen-bond acceptors (Lipinski definition) is 16. The number of ether oxygens (including phenoxy) is 2. The van der Waals surface area contributed by atoms with Crippen LogP contribution in [0.5, 0.6) is 0 Å². The van der Waals surface area contributed by atoms with Gasteiger partial charge in [-0.15, -0.1) is 6.92 Å². The lowest BCUT2D eigenvalue weighted by atomic mass is 10.3. The SMILES string of the molecule is CN1CCOCC1.CN1CCOCC1.C[C-]1OS(=O)C(F)(F)C(F)(F)S(=O)O1.O=S1OCOS(=O)C(F)(F)C(F)(F)C1(F)F.O=S1O[N-]OS(=O)C(F)(F)C1(F)F. The van der Waals surface area contributed by atoms with Crippen LogP contribution in [0.3, 0.4) is 0 Å². The van der Waals surface area contributed by atoms with Gasteiger partial charge in [0.15, 0.2) is 6.79 Å². The monoisotopic (exact) mass is 991 g/mol. The van der Waals surface area contributed by atoms with E-state index in [4.69, 9.17) is 9.47 Å². The summed E-state index contributed by atoms with van der Waals surface area (Å²) in [6.07, 6.45) is -0.862. The molecule has 0 radical (unpaired) electrons. The van der Waals surface area contributed by atoms with Crippen molar-refractivity contribution in [3.8, 4) is 0 Å². The minimum absolute atomic E-state index is 0.841. The van der Waals surface area contributed by atoms with Gasteiger partial charge in [0.1, 0.15) is 0 Å². The average molecular weight is 992 g/mol. The van der Waals surface area contributed by atoms with Crippen LogP contribution in [0.2, 0.25) is 0 Å². The molecule has 5 heterocycles. The van der Waals surface area contributed by atoms with Crippen molar-refractivity contribution in [1.29, 1.82) is 0 Å². The van der Waals surface area contributed by atoms with Crippen molar-refractivity contribution in [2.75, 3.05) is 73.5 Å². The first-order valence-electron chi connectivity index (χ1n) is 14.0. The highest BCUT2D eigenvalue weighted by molar-refractivity contribution is 7.86. The molecule has 0 saturated carbocycles. The maximum Gasteiger partial charge on any atom is 0.420 e. The quantitative estimate of drug-likeness (QED) is 0.254. The van der Waals surface area contributed by atoms with Gasteiger partial charge >= 0.3 is 37.4 Å². The molecule has 37 heteroatoms. The van der Waals surface area contributed by atoms with Crippen LogP contribution in [-0.4, -0.2) is 146 Å². The van der Waals surface area contributed by atoms with Gasteiger partial charge in [-0.3, -0.25) is 8.37 Å². The van der Waals surface area contributed by atoms with Crippen molar-refractivity contribution in [3.05, 3.63) is 11.9 Å². The fourth-order valence-corrected chi connectivity index (χ4v) is 6.93. The Morgan fingerprint density at radius 3 is 1.02 bits per heavy atom. The van der Waals surface area contributed by atoms with Gasteiger partial charge in [0.2, 0.25) is 66.5 Å². The van der Waals surface area contributed by atoms with E-state index in [-0.39, 0.29) is 0 Å². The van der Waals surface area contributed by atoms with Crippen molar-refractivity contribution in [2.24, 2.45) is 0 Å². The summed E-state index contributed by atoms with van der Waals surface area (Å²) in [5.74, 6) is -6.13. The Morgan fingerprint density at radius 1 is 0.474 bits per heavy atom. The summed E-state index contributed by atoms with van der Waals surface area (Å²) in [6.45, 7) is 7.40. The molecule has 17 nitrogen and oxygen atoms in total. The average Bonchev–Trinajstić information content (AvgIpc) is 3.21. The van der Waals surface area contributed by atoms with E-state index in [9.17, 15) is 86.7 Å². The molecule has 0 amide bonds. The summed E-state index contributed by atoms with van der Waals surface area (Å²) in [6, 6.07) is 0. The van der Waals surface area contributed by atoms with Crippen LogP contribution in [0.15, 0.2) is 0 Å². The lowest BCUT2D eigenvalue weighted by Crippen LogP contribution is -2.59. The van der Waals surface area contributed by atoms with E-state index >= 15 is 0 Å². The molecule has 0 bridgehead atoms. The minimum Gasteiger partial charge on any atom is -0.431 e. The first-order chi connectivity index (χ1) is 25.8. The number of halogens is 14. The predicted octanol–water partition coefficient (Wildman–Crippen LogP) is 2.84. The van der Waals surface area contributed by atoms with Gasteiger partial charge in [0.25, 0.3) is 0 Å². The third kappa shape index (κ3) is 13.7. The topological polar surface area (TPSA) is 197 Å². The van der Waals surface area contributed by atoms with Crippen molar-refractivity contribution in [2.45, 2.75) is 44.4 Å². The molecule has 342 valence electrons. The molecule has 57 heavy (non-hydrogen) atoms. The van der Waals surface area contributed by atoms with Crippen LogP contribution < -0.4 is 0 Å². The highest BCUT2D eigenvalue weighted by Crippen LogP contribution is 2.50. The van der Waals surface area contributed by atoms with Crippen LogP contribution in [0.4, 0.5) is 61.5 Å². The molecular weight excluding hydrogens is 965 g/mol. The summed E-state index contributed by atoms with van der Waals surface area (Å²) in [7, 11) is 4.23. The zero-order chi connectivity index (χ0) is 44.4. The molecule has 0 aromatic rings. The molecule has 6 atom stereocenters. The molecule has 5 saturated heterocycles. The summed E-state index contributed by atoms with van der Waals surface area (Å²) in [5, 5.41) is -31.7. The maximum atomic E-state index is 12.7. The molecule has 5 aliphatic heterocycles. The molecule has 0 N–H and O–H groups in total. The molecule has 5 fully saturated rings. The highest BCUT2D eigenvalue weighted by Gasteiger charge is 2.79. The molecule has 0 spiro atoms. The van der Waals surface area contributed by atoms with Gasteiger partial charge in [-0.2, -0.15) is 61.5 Å². The second kappa shape index (κ2) is 22.0. The fourth-order valence-electron chi connectivity index (χ4n) is 2.82. The molecule has 0 aromatic carbocycles. The Hall–Kier alpha value is -0.520. The van der Waals surface area contributed by atoms with Crippen LogP contribution in [0, 0.1) is 6.29 Å². The van der Waals surface area contributed by atoms with Crippen LogP contribution in [0.25, 0.3) is 5.64 Å². The van der Waals surface area contributed by atoms with Crippen LogP contribution in [-0.2, 0) is 101 Å². The standard InChI is InChI=1S/2C5H11NO.C4H2F6O4S2.C4H3F4O4S2.C2F4NO4S2/c2*1-6-2-4-7-5-3-6;5-2(6)3(7,8)15(11)13-1-14-16(12)4(2,9)10;1-2-11-13(9)3(5,6)4(7,8)14(10)12-2;3-1(4)2(5,6)13(9)11-7-10-12(1)8/h2*2-5H2,1H3;1H2;1H3;/q;;;2*-1.